The number of para-hydroxylation sites is 3. The van der Waals surface area contributed by atoms with Crippen LogP contribution in [0.5, 0.6) is 0 Å². The average molecular weight is 675 g/mol. The van der Waals surface area contributed by atoms with Gasteiger partial charge in [-0.05, 0) is 107 Å². The lowest BCUT2D eigenvalue weighted by Gasteiger charge is -2.29. The van der Waals surface area contributed by atoms with Crippen LogP contribution in [0.2, 0.25) is 0 Å². The lowest BCUT2D eigenvalue weighted by molar-refractivity contribution is 0.590. The van der Waals surface area contributed by atoms with Gasteiger partial charge in [-0.25, -0.2) is 0 Å². The van der Waals surface area contributed by atoms with Crippen LogP contribution in [0.25, 0.3) is 55.0 Å². The van der Waals surface area contributed by atoms with Crippen molar-refractivity contribution in [2.24, 2.45) is 0 Å². The maximum atomic E-state index is 6.71. The highest BCUT2D eigenvalue weighted by atomic mass is 16.3. The summed E-state index contributed by atoms with van der Waals surface area (Å²) in [5.74, 6) is 0. The number of fused-ring (bicyclic) bond motifs is 8. The van der Waals surface area contributed by atoms with Crippen LogP contribution in [-0.2, 0) is 10.8 Å². The molecule has 3 nitrogen and oxygen atoms in total. The molecular formula is C49H42N2O. The van der Waals surface area contributed by atoms with Crippen molar-refractivity contribution in [3.05, 3.63) is 162 Å². The first kappa shape index (κ1) is 31.0. The van der Waals surface area contributed by atoms with Crippen molar-refractivity contribution in [3.8, 4) is 5.69 Å². The molecule has 254 valence electrons. The molecule has 0 bridgehead atoms. The summed E-state index contributed by atoms with van der Waals surface area (Å²) < 4.78 is 9.14. The molecule has 2 heterocycles. The van der Waals surface area contributed by atoms with Crippen LogP contribution < -0.4 is 4.90 Å². The minimum Gasteiger partial charge on any atom is -0.454 e. The molecule has 3 heteroatoms. The second-order valence-electron chi connectivity index (χ2n) is 16.1. The van der Waals surface area contributed by atoms with E-state index in [0.29, 0.717) is 0 Å². The van der Waals surface area contributed by atoms with E-state index < -0.39 is 0 Å². The summed E-state index contributed by atoms with van der Waals surface area (Å²) in [6.07, 6.45) is 6.91. The summed E-state index contributed by atoms with van der Waals surface area (Å²) in [7, 11) is 0. The number of benzene rings is 6. The molecule has 0 atom stereocenters. The third-order valence-corrected chi connectivity index (χ3v) is 11.6. The van der Waals surface area contributed by atoms with Crippen molar-refractivity contribution in [2.75, 3.05) is 4.90 Å². The number of hydrogen-bond donors (Lipinski definition) is 0. The lowest BCUT2D eigenvalue weighted by Crippen LogP contribution is -2.18. The Labute approximate surface area is 305 Å². The summed E-state index contributed by atoms with van der Waals surface area (Å²) in [4.78, 5) is 2.42. The van der Waals surface area contributed by atoms with Gasteiger partial charge in [-0.2, -0.15) is 0 Å². The second kappa shape index (κ2) is 11.1. The van der Waals surface area contributed by atoms with E-state index in [1.165, 1.54) is 55.3 Å². The first-order valence-corrected chi connectivity index (χ1v) is 18.6. The van der Waals surface area contributed by atoms with Crippen LogP contribution in [0.1, 0.15) is 64.2 Å². The van der Waals surface area contributed by atoms with E-state index in [-0.39, 0.29) is 10.8 Å². The van der Waals surface area contributed by atoms with Crippen molar-refractivity contribution in [1.29, 1.82) is 0 Å². The Hall–Kier alpha value is -5.80. The smallest absolute Gasteiger partial charge is 0.159 e. The summed E-state index contributed by atoms with van der Waals surface area (Å²) in [6.45, 7) is 11.6. The fraction of sp³-hybridized carbons (Fsp3) is 0.184. The zero-order valence-corrected chi connectivity index (χ0v) is 30.5. The van der Waals surface area contributed by atoms with Gasteiger partial charge in [-0.1, -0.05) is 114 Å². The van der Waals surface area contributed by atoms with Gasteiger partial charge in [0, 0.05) is 44.0 Å². The van der Waals surface area contributed by atoms with E-state index in [2.05, 4.69) is 184 Å². The SMILES string of the molecule is CC(C)(C)c1cccc(-n2c3ccccc3c3cc(N(c4ccc5c(c4)C(C)(C)C4=C5CCC=C4)c4cccc5c4oc4ccccc45)ccc32)c1. The summed E-state index contributed by atoms with van der Waals surface area (Å²) >= 11 is 0. The molecule has 0 saturated carbocycles. The maximum Gasteiger partial charge on any atom is 0.159 e. The van der Waals surface area contributed by atoms with Gasteiger partial charge in [0.05, 0.1) is 16.7 Å². The van der Waals surface area contributed by atoms with Gasteiger partial charge in [-0.3, -0.25) is 0 Å². The lowest BCUT2D eigenvalue weighted by atomic mass is 9.80. The van der Waals surface area contributed by atoms with Gasteiger partial charge in [-0.15, -0.1) is 0 Å². The second-order valence-corrected chi connectivity index (χ2v) is 16.1. The molecule has 2 aromatic heterocycles. The van der Waals surface area contributed by atoms with Gasteiger partial charge >= 0.3 is 0 Å². The molecule has 2 aliphatic carbocycles. The Morgan fingerprint density at radius 3 is 2.27 bits per heavy atom. The Morgan fingerprint density at radius 2 is 1.40 bits per heavy atom. The molecule has 8 aromatic rings. The average Bonchev–Trinajstić information content (AvgIpc) is 3.78. The van der Waals surface area contributed by atoms with E-state index >= 15 is 0 Å². The fourth-order valence-corrected chi connectivity index (χ4v) is 8.95. The Bertz CT molecular complexity index is 2810. The van der Waals surface area contributed by atoms with E-state index in [1.807, 2.05) is 0 Å². The predicted octanol–water partition coefficient (Wildman–Crippen LogP) is 13.8. The first-order chi connectivity index (χ1) is 25.2. The zero-order chi connectivity index (χ0) is 35.4. The van der Waals surface area contributed by atoms with Crippen molar-refractivity contribution >= 4 is 66.4 Å². The Morgan fingerprint density at radius 1 is 0.673 bits per heavy atom. The van der Waals surface area contributed by atoms with Crippen LogP contribution in [-0.4, -0.2) is 4.57 Å². The van der Waals surface area contributed by atoms with E-state index in [1.54, 1.807) is 0 Å². The van der Waals surface area contributed by atoms with Gasteiger partial charge < -0.3 is 13.9 Å². The minimum absolute atomic E-state index is 0.0512. The third kappa shape index (κ3) is 4.51. The minimum atomic E-state index is -0.0758. The zero-order valence-electron chi connectivity index (χ0n) is 30.5. The van der Waals surface area contributed by atoms with Gasteiger partial charge in [0.1, 0.15) is 5.58 Å². The Kier molecular flexibility index (Phi) is 6.61. The summed E-state index contributed by atoms with van der Waals surface area (Å²) in [5.41, 5.74) is 15.7. The van der Waals surface area contributed by atoms with E-state index in [0.717, 1.165) is 51.8 Å². The van der Waals surface area contributed by atoms with Crippen LogP contribution in [0.3, 0.4) is 0 Å². The molecule has 6 aromatic carbocycles. The van der Waals surface area contributed by atoms with E-state index in [4.69, 9.17) is 4.42 Å². The monoisotopic (exact) mass is 674 g/mol. The van der Waals surface area contributed by atoms with Gasteiger partial charge in [0.25, 0.3) is 0 Å². The molecule has 10 rings (SSSR count). The quantitative estimate of drug-likeness (QED) is 0.185. The number of nitrogens with zero attached hydrogens (tertiary/aromatic N) is 2. The number of aromatic nitrogens is 1. The van der Waals surface area contributed by atoms with E-state index in [9.17, 15) is 0 Å². The molecule has 0 amide bonds. The predicted molar refractivity (Wildman–Crippen MR) is 220 cm³/mol. The van der Waals surface area contributed by atoms with Gasteiger partial charge in [0.2, 0.25) is 0 Å². The van der Waals surface area contributed by atoms with Crippen molar-refractivity contribution < 1.29 is 4.42 Å². The summed E-state index contributed by atoms with van der Waals surface area (Å²) in [5, 5.41) is 4.72. The van der Waals surface area contributed by atoms with Crippen LogP contribution in [0.15, 0.2) is 150 Å². The number of anilines is 3. The number of rotatable bonds is 4. The summed E-state index contributed by atoms with van der Waals surface area (Å²) in [6, 6.07) is 46.9. The molecule has 0 spiro atoms. The van der Waals surface area contributed by atoms with Crippen LogP contribution in [0, 0.1) is 0 Å². The highest BCUT2D eigenvalue weighted by Gasteiger charge is 2.37. The number of furan rings is 1. The molecular weight excluding hydrogens is 633 g/mol. The molecule has 0 saturated heterocycles. The highest BCUT2D eigenvalue weighted by molar-refractivity contribution is 6.13. The van der Waals surface area contributed by atoms with Crippen molar-refractivity contribution in [3.63, 3.8) is 0 Å². The van der Waals surface area contributed by atoms with Crippen molar-refractivity contribution in [2.45, 2.75) is 58.3 Å². The highest BCUT2D eigenvalue weighted by Crippen LogP contribution is 2.52. The number of hydrogen-bond acceptors (Lipinski definition) is 2. The van der Waals surface area contributed by atoms with Crippen molar-refractivity contribution in [1.82, 2.24) is 4.57 Å². The molecule has 0 unspecified atom stereocenters. The fourth-order valence-electron chi connectivity index (χ4n) is 8.95. The molecule has 0 fully saturated rings. The normalized spacial score (nSPS) is 15.2. The van der Waals surface area contributed by atoms with Crippen LogP contribution in [0.4, 0.5) is 17.1 Å². The number of allylic oxidation sites excluding steroid dienone is 4. The molecule has 52 heavy (non-hydrogen) atoms. The third-order valence-electron chi connectivity index (χ3n) is 11.6. The maximum absolute atomic E-state index is 6.71. The topological polar surface area (TPSA) is 21.3 Å². The molecule has 0 radical (unpaired) electrons. The molecule has 0 N–H and O–H groups in total. The Balaban J connectivity index is 1.22. The largest absolute Gasteiger partial charge is 0.454 e. The molecule has 2 aliphatic rings. The first-order valence-electron chi connectivity index (χ1n) is 18.6. The van der Waals surface area contributed by atoms with Crippen LogP contribution >= 0.6 is 0 Å². The standard InChI is InChI=1S/C49H42N2O/c1-48(2,3)31-14-12-15-32(28-31)51-43-21-10-7-17-37(43)40-29-33(25-27-44(40)51)50(45-22-13-19-39-38-18-8-11-23-46(38)52-47(39)45)34-24-26-36-35-16-6-9-20-41(35)49(4,5)42(36)30-34/h7-15,17-30H,6,16H2,1-5H3. The van der Waals surface area contributed by atoms with Gasteiger partial charge in [0.15, 0.2) is 5.58 Å². The molecule has 0 aliphatic heterocycles.